The van der Waals surface area contributed by atoms with Crippen LogP contribution in [0.3, 0.4) is 0 Å². The van der Waals surface area contributed by atoms with Crippen LogP contribution in [-0.2, 0) is 19.0 Å². The first-order chi connectivity index (χ1) is 26.2. The third-order valence-corrected chi connectivity index (χ3v) is 12.6. The molecule has 292 valence electrons. The summed E-state index contributed by atoms with van der Waals surface area (Å²) >= 11 is 1.60. The number of halogens is 3. The van der Waals surface area contributed by atoms with Gasteiger partial charge in [-0.15, -0.1) is 11.3 Å². The number of ketones is 1. The van der Waals surface area contributed by atoms with Crippen LogP contribution in [0, 0.1) is 5.41 Å². The van der Waals surface area contributed by atoms with Crippen LogP contribution in [0.5, 0.6) is 5.75 Å². The molecule has 4 atom stereocenters. The number of rotatable bonds is 9. The summed E-state index contributed by atoms with van der Waals surface area (Å²) in [5.74, 6) is -0.267. The van der Waals surface area contributed by atoms with Gasteiger partial charge in [-0.3, -0.25) is 4.79 Å². The Hall–Kier alpha value is -4.45. The molecule has 0 spiro atoms. The second-order valence-electron chi connectivity index (χ2n) is 15.3. The monoisotopic (exact) mass is 774 g/mol. The summed E-state index contributed by atoms with van der Waals surface area (Å²) in [6.45, 7) is 4.43. The third-order valence-electron chi connectivity index (χ3n) is 11.7. The molecule has 3 aliphatic rings. The van der Waals surface area contributed by atoms with Crippen molar-refractivity contribution in [2.24, 2.45) is 5.41 Å². The number of aliphatic hydroxyl groups is 2. The fourth-order valence-electron chi connectivity index (χ4n) is 8.33. The minimum atomic E-state index is -4.62. The number of fused-ring (bicyclic) bond motifs is 8. The molecule has 3 N–H and O–H groups in total. The van der Waals surface area contributed by atoms with Gasteiger partial charge in [-0.2, -0.15) is 13.2 Å². The Kier molecular flexibility index (Phi) is 12.2. The van der Waals surface area contributed by atoms with Gasteiger partial charge in [0.2, 0.25) is 0 Å². The van der Waals surface area contributed by atoms with Crippen LogP contribution in [0.15, 0.2) is 95.9 Å². The topological polar surface area (TPSA) is 99.1 Å². The summed E-state index contributed by atoms with van der Waals surface area (Å²) in [4.78, 5) is 31.2. The normalized spacial score (nSPS) is 23.0. The standard InChI is InChI=1S/C44H49F3N2O5S/c1-29-7-5-21-42(2)39(37-18-12-30(25-34(50)15-11-29)26-38(37)40(51)31-8-4-9-32(27-31)44(45,46)47)19-22-43(42,53)28-49(23-20-36-10-6-24-55-36)41(52)48-33-13-16-35(54-3)17-14-33/h4,6-10,12-14,16-18,24,26-27,34,39,50,53H,5,11,15,19-23,25,28H2,1-3H3,(H,48,52). The van der Waals surface area contributed by atoms with Crippen molar-refractivity contribution in [3.8, 4) is 5.75 Å². The Bertz CT molecular complexity index is 2000. The number of ether oxygens (including phenoxy) is 1. The Labute approximate surface area is 324 Å². The number of carbonyl (C=O) groups is 2. The SMILES string of the molecule is COc1ccc(NC(=O)N(CCc2cccs2)CC2(O)CCC3c4ccc(cc4C(=O)c4cccc(C(F)(F)F)c4)CC(O)CCC(C)=CCCC32C)cc1. The fraction of sp³-hybridized carbons (Fsp3) is 0.409. The van der Waals surface area contributed by atoms with Crippen LogP contribution in [0.2, 0.25) is 0 Å². The van der Waals surface area contributed by atoms with Gasteiger partial charge in [-0.1, -0.05) is 48.9 Å². The van der Waals surface area contributed by atoms with Crippen molar-refractivity contribution >= 4 is 28.8 Å². The van der Waals surface area contributed by atoms with Crippen LogP contribution < -0.4 is 10.1 Å². The largest absolute Gasteiger partial charge is 0.497 e. The van der Waals surface area contributed by atoms with Gasteiger partial charge in [0.25, 0.3) is 0 Å². The Balaban J connectivity index is 1.40. The molecule has 55 heavy (non-hydrogen) atoms. The van der Waals surface area contributed by atoms with Gasteiger partial charge in [0, 0.05) is 33.7 Å². The van der Waals surface area contributed by atoms with Crippen LogP contribution >= 0.6 is 11.3 Å². The molecule has 4 aromatic rings. The molecule has 1 aromatic heterocycles. The Morgan fingerprint density at radius 3 is 2.51 bits per heavy atom. The van der Waals surface area contributed by atoms with Gasteiger partial charge in [-0.25, -0.2) is 4.79 Å². The number of alkyl halides is 3. The molecular formula is C44H49F3N2O5S. The van der Waals surface area contributed by atoms with Crippen molar-refractivity contribution in [1.29, 1.82) is 0 Å². The zero-order chi connectivity index (χ0) is 39.4. The maximum Gasteiger partial charge on any atom is 0.416 e. The van der Waals surface area contributed by atoms with Gasteiger partial charge in [0.15, 0.2) is 5.78 Å². The van der Waals surface area contributed by atoms with Crippen molar-refractivity contribution in [3.05, 3.63) is 129 Å². The first-order valence-electron chi connectivity index (χ1n) is 18.8. The summed E-state index contributed by atoms with van der Waals surface area (Å²) in [7, 11) is 1.57. The quantitative estimate of drug-likeness (QED) is 0.116. The fourth-order valence-corrected chi connectivity index (χ4v) is 9.03. The smallest absolute Gasteiger partial charge is 0.416 e. The number of hydrogen-bond donors (Lipinski definition) is 3. The number of carbonyl (C=O) groups excluding carboxylic acids is 2. The molecule has 2 amide bonds. The number of methoxy groups -OCH3 is 1. The molecule has 3 aromatic carbocycles. The highest BCUT2D eigenvalue weighted by Gasteiger charge is 2.57. The van der Waals surface area contributed by atoms with E-state index in [1.165, 1.54) is 12.1 Å². The van der Waals surface area contributed by atoms with Crippen LogP contribution in [0.1, 0.15) is 95.8 Å². The highest BCUT2D eigenvalue weighted by molar-refractivity contribution is 7.09. The Morgan fingerprint density at radius 2 is 1.80 bits per heavy atom. The van der Waals surface area contributed by atoms with Crippen molar-refractivity contribution in [2.75, 3.05) is 25.5 Å². The molecule has 1 fully saturated rings. The average molecular weight is 775 g/mol. The highest BCUT2D eigenvalue weighted by Crippen LogP contribution is 2.59. The number of urea groups is 1. The zero-order valence-corrected chi connectivity index (χ0v) is 32.3. The summed E-state index contributed by atoms with van der Waals surface area (Å²) in [6, 6.07) is 20.6. The second-order valence-corrected chi connectivity index (χ2v) is 16.3. The highest BCUT2D eigenvalue weighted by atomic mass is 32.1. The average Bonchev–Trinajstić information content (AvgIpc) is 3.77. The van der Waals surface area contributed by atoms with E-state index in [4.69, 9.17) is 4.74 Å². The summed E-state index contributed by atoms with van der Waals surface area (Å²) in [6.07, 6.45) is 0.847. The molecule has 7 nitrogen and oxygen atoms in total. The third kappa shape index (κ3) is 9.17. The molecule has 4 unspecified atom stereocenters. The number of hydrogen-bond acceptors (Lipinski definition) is 6. The number of nitrogens with one attached hydrogen (secondary N) is 1. The molecule has 2 bridgehead atoms. The number of nitrogens with zero attached hydrogens (tertiary/aromatic N) is 1. The van der Waals surface area contributed by atoms with E-state index in [0.29, 0.717) is 74.1 Å². The summed E-state index contributed by atoms with van der Waals surface area (Å²) in [5.41, 5.74) is 0.0673. The van der Waals surface area contributed by atoms with Gasteiger partial charge in [0.05, 0.1) is 30.9 Å². The molecule has 1 saturated carbocycles. The van der Waals surface area contributed by atoms with Crippen molar-refractivity contribution in [3.63, 3.8) is 0 Å². The van der Waals surface area contributed by atoms with E-state index in [2.05, 4.69) is 11.4 Å². The van der Waals surface area contributed by atoms with E-state index in [9.17, 15) is 33.0 Å². The van der Waals surface area contributed by atoms with E-state index < -0.39 is 34.6 Å². The minimum Gasteiger partial charge on any atom is -0.497 e. The van der Waals surface area contributed by atoms with Crippen molar-refractivity contribution in [1.82, 2.24) is 4.90 Å². The van der Waals surface area contributed by atoms with Crippen LogP contribution in [-0.4, -0.2) is 58.8 Å². The van der Waals surface area contributed by atoms with E-state index >= 15 is 0 Å². The minimum absolute atomic E-state index is 0.0250. The first-order valence-corrected chi connectivity index (χ1v) is 19.7. The van der Waals surface area contributed by atoms with Crippen LogP contribution in [0.4, 0.5) is 23.7 Å². The lowest BCUT2D eigenvalue weighted by atomic mass is 9.64. The van der Waals surface area contributed by atoms with E-state index in [0.717, 1.165) is 22.6 Å². The molecule has 11 heteroatoms. The van der Waals surface area contributed by atoms with Gasteiger partial charge in [-0.05, 0) is 129 Å². The van der Waals surface area contributed by atoms with Crippen molar-refractivity contribution in [2.45, 2.75) is 89.0 Å². The van der Waals surface area contributed by atoms with E-state index in [-0.39, 0.29) is 36.0 Å². The zero-order valence-electron chi connectivity index (χ0n) is 31.5. The lowest BCUT2D eigenvalue weighted by Crippen LogP contribution is -2.54. The maximum atomic E-state index is 14.4. The van der Waals surface area contributed by atoms with Gasteiger partial charge < -0.3 is 25.2 Å². The first kappa shape index (κ1) is 40.2. The lowest BCUT2D eigenvalue weighted by molar-refractivity contribution is -0.137. The maximum absolute atomic E-state index is 14.4. The lowest BCUT2D eigenvalue weighted by Gasteiger charge is -2.46. The number of benzene rings is 3. The molecule has 1 heterocycles. The van der Waals surface area contributed by atoms with Crippen molar-refractivity contribution < 1.29 is 37.7 Å². The predicted octanol–water partition coefficient (Wildman–Crippen LogP) is 9.82. The molecule has 7 rings (SSSR count). The number of thiophene rings is 1. The predicted molar refractivity (Wildman–Crippen MR) is 210 cm³/mol. The number of anilines is 1. The number of amides is 2. The summed E-state index contributed by atoms with van der Waals surface area (Å²) in [5, 5.41) is 28.9. The summed E-state index contributed by atoms with van der Waals surface area (Å²) < 4.78 is 46.6. The molecule has 0 aliphatic heterocycles. The van der Waals surface area contributed by atoms with Gasteiger partial charge in [0.1, 0.15) is 5.75 Å². The van der Waals surface area contributed by atoms with Gasteiger partial charge >= 0.3 is 12.2 Å². The van der Waals surface area contributed by atoms with Crippen LogP contribution in [0.25, 0.3) is 0 Å². The number of aliphatic hydroxyl groups excluding tert-OH is 1. The van der Waals surface area contributed by atoms with E-state index in [1.54, 1.807) is 53.7 Å². The molecule has 0 radical (unpaired) electrons. The van der Waals surface area contributed by atoms with E-state index in [1.807, 2.05) is 43.5 Å². The Morgan fingerprint density at radius 1 is 1.02 bits per heavy atom. The number of allylic oxidation sites excluding steroid dienone is 2. The molecular weight excluding hydrogens is 726 g/mol. The molecule has 0 saturated heterocycles. The second kappa shape index (κ2) is 16.7. The molecule has 3 aliphatic carbocycles.